The number of nitrogens with zero attached hydrogens (tertiary/aromatic N) is 2. The van der Waals surface area contributed by atoms with Crippen molar-refractivity contribution in [3.8, 4) is 0 Å². The maximum absolute atomic E-state index is 12.4. The molecular weight excluding hydrogens is 314 g/mol. The van der Waals surface area contributed by atoms with E-state index in [1.165, 1.54) is 18.4 Å². The van der Waals surface area contributed by atoms with Crippen molar-refractivity contribution in [1.82, 2.24) is 10.3 Å². The zero-order valence-electron chi connectivity index (χ0n) is 12.3. The molecule has 23 heavy (non-hydrogen) atoms. The van der Waals surface area contributed by atoms with Gasteiger partial charge in [-0.3, -0.25) is 10.1 Å². The first-order chi connectivity index (χ1) is 11.2. The van der Waals surface area contributed by atoms with Crippen LogP contribution in [0.2, 0.25) is 0 Å². The SMILES string of the molecule is CO/N=C(\C(=O)Nc1ccc2c(c1)CN[C+]=C2)c1csc(N)n1. The van der Waals surface area contributed by atoms with Crippen LogP contribution in [0.1, 0.15) is 16.8 Å². The fourth-order valence-corrected chi connectivity index (χ4v) is 2.68. The number of oxime groups is 1. The number of nitrogen functional groups attached to an aromatic ring is 1. The summed E-state index contributed by atoms with van der Waals surface area (Å²) in [6, 6.07) is 5.64. The Balaban J connectivity index is 1.82. The van der Waals surface area contributed by atoms with E-state index in [-0.39, 0.29) is 5.71 Å². The summed E-state index contributed by atoms with van der Waals surface area (Å²) in [7, 11) is 1.37. The Morgan fingerprint density at radius 1 is 1.57 bits per heavy atom. The summed E-state index contributed by atoms with van der Waals surface area (Å²) in [4.78, 5) is 21.3. The van der Waals surface area contributed by atoms with Crippen LogP contribution in [0.15, 0.2) is 28.7 Å². The minimum absolute atomic E-state index is 0.0736. The lowest BCUT2D eigenvalue weighted by Crippen LogP contribution is -2.25. The molecule has 0 atom stereocenters. The third-order valence-corrected chi connectivity index (χ3v) is 3.85. The molecule has 1 aromatic heterocycles. The monoisotopic (exact) mass is 328 g/mol. The Kier molecular flexibility index (Phi) is 4.18. The van der Waals surface area contributed by atoms with Gasteiger partial charge in [0.2, 0.25) is 0 Å². The number of carbonyl (C=O) groups excluding carboxylic acids is 1. The number of anilines is 2. The highest BCUT2D eigenvalue weighted by Crippen LogP contribution is 2.20. The second kappa shape index (κ2) is 6.43. The van der Waals surface area contributed by atoms with Crippen molar-refractivity contribution in [1.29, 1.82) is 0 Å². The molecule has 7 nitrogen and oxygen atoms in total. The number of aromatic nitrogens is 1. The number of nitrogens with one attached hydrogen (secondary N) is 2. The molecule has 1 amide bonds. The smallest absolute Gasteiger partial charge is 0.280 e. The molecule has 0 radical (unpaired) electrons. The van der Waals surface area contributed by atoms with Gasteiger partial charge < -0.3 is 15.9 Å². The standard InChI is InChI=1S/C15H13N5O2S/c1-22-20-13(12-8-23-15(16)19-12)14(21)18-11-3-2-9-4-5-17-7-10(9)6-11/h2-4,6,8H,7H2,1H3,(H3-,16,17,18,19,20,21)/p+1. The molecule has 0 spiro atoms. The van der Waals surface area contributed by atoms with Crippen LogP contribution in [0.25, 0.3) is 6.08 Å². The minimum atomic E-state index is -0.414. The van der Waals surface area contributed by atoms with Crippen LogP contribution in [-0.2, 0) is 16.2 Å². The molecule has 1 aliphatic rings. The zero-order chi connectivity index (χ0) is 16.2. The van der Waals surface area contributed by atoms with E-state index >= 15 is 0 Å². The number of hydrogen-bond donors (Lipinski definition) is 3. The number of amides is 1. The third kappa shape index (κ3) is 3.28. The van der Waals surface area contributed by atoms with Gasteiger partial charge in [-0.2, -0.15) is 0 Å². The first-order valence-electron chi connectivity index (χ1n) is 6.76. The van der Waals surface area contributed by atoms with Crippen LogP contribution >= 0.6 is 11.3 Å². The van der Waals surface area contributed by atoms with Gasteiger partial charge in [-0.25, -0.2) is 4.98 Å². The molecule has 3 rings (SSSR count). The molecule has 8 heteroatoms. The highest BCUT2D eigenvalue weighted by atomic mass is 32.1. The fourth-order valence-electron chi connectivity index (χ4n) is 2.13. The fraction of sp³-hybridized carbons (Fsp3) is 0.133. The molecule has 2 aromatic rings. The van der Waals surface area contributed by atoms with Gasteiger partial charge >= 0.3 is 0 Å². The molecule has 4 N–H and O–H groups in total. The molecule has 116 valence electrons. The van der Waals surface area contributed by atoms with Crippen LogP contribution in [-0.4, -0.2) is 23.7 Å². The quantitative estimate of drug-likeness (QED) is 0.449. The lowest BCUT2D eigenvalue weighted by Gasteiger charge is -2.08. The molecule has 0 saturated carbocycles. The van der Waals surface area contributed by atoms with Gasteiger partial charge in [-0.15, -0.1) is 11.3 Å². The number of rotatable bonds is 4. The van der Waals surface area contributed by atoms with Crippen molar-refractivity contribution < 1.29 is 9.63 Å². The summed E-state index contributed by atoms with van der Waals surface area (Å²) < 4.78 is 0. The van der Waals surface area contributed by atoms with E-state index in [1.807, 2.05) is 24.3 Å². The van der Waals surface area contributed by atoms with Crippen LogP contribution in [0.4, 0.5) is 10.8 Å². The third-order valence-electron chi connectivity index (χ3n) is 3.17. The predicted molar refractivity (Wildman–Crippen MR) is 89.7 cm³/mol. The van der Waals surface area contributed by atoms with Crippen molar-refractivity contribution in [2.45, 2.75) is 6.54 Å². The molecule has 0 unspecified atom stereocenters. The number of carbonyl (C=O) groups is 1. The van der Waals surface area contributed by atoms with Gasteiger partial charge in [-0.05, 0) is 12.1 Å². The Hall–Kier alpha value is -2.96. The van der Waals surface area contributed by atoms with E-state index in [0.29, 0.717) is 23.1 Å². The van der Waals surface area contributed by atoms with E-state index in [0.717, 1.165) is 11.1 Å². The van der Waals surface area contributed by atoms with Crippen LogP contribution in [0, 0.1) is 6.20 Å². The first kappa shape index (κ1) is 15.0. The van der Waals surface area contributed by atoms with Gasteiger partial charge in [0.25, 0.3) is 5.91 Å². The van der Waals surface area contributed by atoms with Crippen molar-refractivity contribution in [2.75, 3.05) is 18.2 Å². The Morgan fingerprint density at radius 3 is 3.17 bits per heavy atom. The van der Waals surface area contributed by atoms with Crippen LogP contribution in [0.5, 0.6) is 0 Å². The van der Waals surface area contributed by atoms with Gasteiger partial charge in [0.1, 0.15) is 18.4 Å². The summed E-state index contributed by atoms with van der Waals surface area (Å²) in [6.07, 6.45) is 4.80. The zero-order valence-corrected chi connectivity index (χ0v) is 13.1. The van der Waals surface area contributed by atoms with Gasteiger partial charge in [0.05, 0.1) is 12.1 Å². The van der Waals surface area contributed by atoms with Gasteiger partial charge in [-0.1, -0.05) is 5.16 Å². The lowest BCUT2D eigenvalue weighted by atomic mass is 10.0. The topological polar surface area (TPSA) is 102 Å². The van der Waals surface area contributed by atoms with Crippen LogP contribution in [0.3, 0.4) is 0 Å². The lowest BCUT2D eigenvalue weighted by molar-refractivity contribution is -0.110. The number of fused-ring (bicyclic) bond motifs is 1. The molecule has 0 aliphatic carbocycles. The number of thiazole rings is 1. The van der Waals surface area contributed by atoms with Gasteiger partial charge in [0.15, 0.2) is 23.1 Å². The highest BCUT2D eigenvalue weighted by molar-refractivity contribution is 7.13. The van der Waals surface area contributed by atoms with E-state index in [1.54, 1.807) is 5.38 Å². The second-order valence-electron chi connectivity index (χ2n) is 4.70. The van der Waals surface area contributed by atoms with E-state index in [9.17, 15) is 4.79 Å². The average molecular weight is 328 g/mol. The number of nitrogens with two attached hydrogens (primary N) is 1. The normalized spacial score (nSPS) is 12.8. The molecule has 0 saturated heterocycles. The highest BCUT2D eigenvalue weighted by Gasteiger charge is 2.20. The van der Waals surface area contributed by atoms with Crippen molar-refractivity contribution in [3.05, 3.63) is 46.6 Å². The average Bonchev–Trinajstić information content (AvgIpc) is 2.98. The summed E-state index contributed by atoms with van der Waals surface area (Å²) in [5, 5.41) is 11.6. The Labute approximate surface area is 136 Å². The molecule has 1 aliphatic heterocycles. The summed E-state index contributed by atoms with van der Waals surface area (Å²) in [5.41, 5.74) is 8.87. The van der Waals surface area contributed by atoms with E-state index in [4.69, 9.17) is 10.6 Å². The van der Waals surface area contributed by atoms with E-state index < -0.39 is 5.91 Å². The largest absolute Gasteiger partial charge is 0.398 e. The van der Waals surface area contributed by atoms with Crippen molar-refractivity contribution in [2.24, 2.45) is 5.16 Å². The maximum Gasteiger partial charge on any atom is 0.280 e. The first-order valence-corrected chi connectivity index (χ1v) is 7.64. The summed E-state index contributed by atoms with van der Waals surface area (Å²) in [6.45, 7) is 0.664. The van der Waals surface area contributed by atoms with Gasteiger partial charge in [0, 0.05) is 17.1 Å². The Bertz CT molecular complexity index is 797. The molecule has 0 fully saturated rings. The van der Waals surface area contributed by atoms with E-state index in [2.05, 4.69) is 27.0 Å². The summed E-state index contributed by atoms with van der Waals surface area (Å²) in [5.74, 6) is -0.414. The van der Waals surface area contributed by atoms with Crippen molar-refractivity contribution >= 4 is 39.9 Å². The molecular formula is C15H14N5O2S+. The molecule has 0 bridgehead atoms. The second-order valence-corrected chi connectivity index (χ2v) is 5.59. The Morgan fingerprint density at radius 2 is 2.43 bits per heavy atom. The number of benzene rings is 1. The maximum atomic E-state index is 12.4. The minimum Gasteiger partial charge on any atom is -0.398 e. The van der Waals surface area contributed by atoms with Crippen molar-refractivity contribution in [3.63, 3.8) is 0 Å². The predicted octanol–water partition coefficient (Wildman–Crippen LogP) is 1.59. The molecule has 1 aromatic carbocycles. The molecule has 2 heterocycles. The number of hydrogen-bond acceptors (Lipinski definition) is 7. The van der Waals surface area contributed by atoms with Crippen LogP contribution < -0.4 is 16.4 Å². The summed E-state index contributed by atoms with van der Waals surface area (Å²) >= 11 is 1.23.